The largest absolute Gasteiger partial charge is 0.481 e. The number of carbonyl (C=O) groups is 1. The van der Waals surface area contributed by atoms with Gasteiger partial charge in [0, 0.05) is 17.6 Å². The number of nitrogens with one attached hydrogen (secondary N) is 1. The fourth-order valence-electron chi connectivity index (χ4n) is 1.37. The van der Waals surface area contributed by atoms with Crippen LogP contribution >= 0.6 is 11.6 Å². The minimum atomic E-state index is -0.570. The van der Waals surface area contributed by atoms with Crippen molar-refractivity contribution in [1.82, 2.24) is 5.32 Å². The van der Waals surface area contributed by atoms with Gasteiger partial charge in [0.1, 0.15) is 5.75 Å². The van der Waals surface area contributed by atoms with E-state index in [-0.39, 0.29) is 11.9 Å². The minimum absolute atomic E-state index is 0.0597. The van der Waals surface area contributed by atoms with Crippen molar-refractivity contribution in [2.75, 3.05) is 6.54 Å². The summed E-state index contributed by atoms with van der Waals surface area (Å²) in [6.45, 7) is 5.83. The third-order valence-corrected chi connectivity index (χ3v) is 2.98. The van der Waals surface area contributed by atoms with Crippen molar-refractivity contribution in [3.05, 3.63) is 28.8 Å². The molecule has 100 valence electrons. The van der Waals surface area contributed by atoms with Gasteiger partial charge in [0.15, 0.2) is 6.10 Å². The Morgan fingerprint density at radius 1 is 1.50 bits per heavy atom. The molecule has 0 radical (unpaired) electrons. The molecule has 0 fully saturated rings. The van der Waals surface area contributed by atoms with E-state index >= 15 is 0 Å². The standard InChI is InChI=1S/C13H19ClN2O2/c1-8-6-11(4-5-12(8)14)18-10(3)13(17)16-9(2)7-15/h4-6,9-10H,7,15H2,1-3H3,(H,16,17)/t9-,10?/m0/s1. The van der Waals surface area contributed by atoms with Crippen LogP contribution in [0.5, 0.6) is 5.75 Å². The lowest BCUT2D eigenvalue weighted by atomic mass is 10.2. The van der Waals surface area contributed by atoms with E-state index in [1.54, 1.807) is 25.1 Å². The molecule has 1 amide bonds. The number of hydrogen-bond donors (Lipinski definition) is 2. The highest BCUT2D eigenvalue weighted by atomic mass is 35.5. The van der Waals surface area contributed by atoms with Crippen molar-refractivity contribution >= 4 is 17.5 Å². The molecule has 0 aliphatic carbocycles. The Bertz CT molecular complexity index is 423. The first kappa shape index (κ1) is 14.8. The van der Waals surface area contributed by atoms with Crippen LogP contribution < -0.4 is 15.8 Å². The number of amides is 1. The highest BCUT2D eigenvalue weighted by molar-refractivity contribution is 6.31. The molecule has 0 aliphatic heterocycles. The van der Waals surface area contributed by atoms with E-state index in [1.807, 2.05) is 13.8 Å². The maximum absolute atomic E-state index is 11.8. The van der Waals surface area contributed by atoms with Gasteiger partial charge in [0.25, 0.3) is 5.91 Å². The fraction of sp³-hybridized carbons (Fsp3) is 0.462. The molecule has 1 aromatic rings. The molecule has 3 N–H and O–H groups in total. The first-order chi connectivity index (χ1) is 8.43. The van der Waals surface area contributed by atoms with Gasteiger partial charge in [0.05, 0.1) is 0 Å². The highest BCUT2D eigenvalue weighted by Gasteiger charge is 2.16. The molecular weight excluding hydrogens is 252 g/mol. The fourth-order valence-corrected chi connectivity index (χ4v) is 1.48. The van der Waals surface area contributed by atoms with Gasteiger partial charge < -0.3 is 15.8 Å². The maximum atomic E-state index is 11.8. The van der Waals surface area contributed by atoms with Crippen LogP contribution in [0.2, 0.25) is 5.02 Å². The number of rotatable bonds is 5. The molecule has 1 rings (SSSR count). The molecule has 1 aromatic carbocycles. The highest BCUT2D eigenvalue weighted by Crippen LogP contribution is 2.21. The SMILES string of the molecule is Cc1cc(OC(C)C(=O)N[C@@H](C)CN)ccc1Cl. The average molecular weight is 271 g/mol. The van der Waals surface area contributed by atoms with Crippen LogP contribution in [0.3, 0.4) is 0 Å². The van der Waals surface area contributed by atoms with Crippen LogP contribution in [-0.4, -0.2) is 24.6 Å². The lowest BCUT2D eigenvalue weighted by molar-refractivity contribution is -0.127. The van der Waals surface area contributed by atoms with Crippen LogP contribution in [0, 0.1) is 6.92 Å². The van der Waals surface area contributed by atoms with Crippen LogP contribution in [0.4, 0.5) is 0 Å². The van der Waals surface area contributed by atoms with Gasteiger partial charge in [-0.2, -0.15) is 0 Å². The number of halogens is 1. The van der Waals surface area contributed by atoms with Gasteiger partial charge >= 0.3 is 0 Å². The summed E-state index contributed by atoms with van der Waals surface area (Å²) in [6, 6.07) is 5.24. The summed E-state index contributed by atoms with van der Waals surface area (Å²) in [6.07, 6.45) is -0.570. The van der Waals surface area contributed by atoms with Crippen molar-refractivity contribution in [3.63, 3.8) is 0 Å². The number of benzene rings is 1. The Kier molecular flexibility index (Phi) is 5.44. The topological polar surface area (TPSA) is 64.3 Å². The van der Waals surface area contributed by atoms with E-state index in [1.165, 1.54) is 0 Å². The third-order valence-electron chi connectivity index (χ3n) is 2.55. The molecule has 0 saturated carbocycles. The number of nitrogens with two attached hydrogens (primary N) is 1. The van der Waals surface area contributed by atoms with Gasteiger partial charge in [-0.3, -0.25) is 4.79 Å². The molecule has 0 aromatic heterocycles. The predicted molar refractivity (Wildman–Crippen MR) is 72.9 cm³/mol. The van der Waals surface area contributed by atoms with E-state index < -0.39 is 6.10 Å². The first-order valence-electron chi connectivity index (χ1n) is 5.87. The van der Waals surface area contributed by atoms with E-state index in [4.69, 9.17) is 22.1 Å². The van der Waals surface area contributed by atoms with E-state index in [9.17, 15) is 4.79 Å². The number of aryl methyl sites for hydroxylation is 1. The first-order valence-corrected chi connectivity index (χ1v) is 6.25. The zero-order valence-electron chi connectivity index (χ0n) is 10.9. The summed E-state index contributed by atoms with van der Waals surface area (Å²) in [5.74, 6) is 0.445. The molecular formula is C13H19ClN2O2. The van der Waals surface area contributed by atoms with Gasteiger partial charge in [-0.1, -0.05) is 11.6 Å². The monoisotopic (exact) mass is 270 g/mol. The van der Waals surface area contributed by atoms with Crippen molar-refractivity contribution in [2.45, 2.75) is 32.9 Å². The Morgan fingerprint density at radius 3 is 2.72 bits per heavy atom. The van der Waals surface area contributed by atoms with Crippen LogP contribution in [0.1, 0.15) is 19.4 Å². The summed E-state index contributed by atoms with van der Waals surface area (Å²) < 4.78 is 5.55. The predicted octanol–water partition coefficient (Wildman–Crippen LogP) is 1.88. The van der Waals surface area contributed by atoms with Gasteiger partial charge in [-0.05, 0) is 44.5 Å². The van der Waals surface area contributed by atoms with Crippen molar-refractivity contribution in [2.24, 2.45) is 5.73 Å². The normalized spacial score (nSPS) is 13.8. The summed E-state index contributed by atoms with van der Waals surface area (Å²) in [5, 5.41) is 3.44. The second kappa shape index (κ2) is 6.61. The smallest absolute Gasteiger partial charge is 0.261 e. The van der Waals surface area contributed by atoms with Crippen molar-refractivity contribution in [1.29, 1.82) is 0 Å². The molecule has 0 bridgehead atoms. The minimum Gasteiger partial charge on any atom is -0.481 e. The zero-order valence-corrected chi connectivity index (χ0v) is 11.6. The zero-order chi connectivity index (χ0) is 13.7. The van der Waals surface area contributed by atoms with Crippen LogP contribution in [0.15, 0.2) is 18.2 Å². The molecule has 2 atom stereocenters. The van der Waals surface area contributed by atoms with E-state index in [0.29, 0.717) is 17.3 Å². The Balaban J connectivity index is 2.60. The Labute approximate surface area is 112 Å². The molecule has 18 heavy (non-hydrogen) atoms. The van der Waals surface area contributed by atoms with E-state index in [0.717, 1.165) is 5.56 Å². The molecule has 5 heteroatoms. The van der Waals surface area contributed by atoms with Gasteiger partial charge in [-0.15, -0.1) is 0 Å². The second-order valence-corrected chi connectivity index (χ2v) is 4.72. The molecule has 1 unspecified atom stereocenters. The van der Waals surface area contributed by atoms with Crippen LogP contribution in [0.25, 0.3) is 0 Å². The third kappa shape index (κ3) is 4.20. The van der Waals surface area contributed by atoms with Crippen molar-refractivity contribution < 1.29 is 9.53 Å². The number of hydrogen-bond acceptors (Lipinski definition) is 3. The summed E-state index contributed by atoms with van der Waals surface area (Å²) in [4.78, 5) is 11.8. The Hall–Kier alpha value is -1.26. The van der Waals surface area contributed by atoms with Gasteiger partial charge in [-0.25, -0.2) is 0 Å². The molecule has 0 saturated heterocycles. The van der Waals surface area contributed by atoms with E-state index in [2.05, 4.69) is 5.32 Å². The van der Waals surface area contributed by atoms with Gasteiger partial charge in [0.2, 0.25) is 0 Å². The second-order valence-electron chi connectivity index (χ2n) is 4.32. The number of ether oxygens (including phenoxy) is 1. The molecule has 0 spiro atoms. The molecule has 0 aliphatic rings. The van der Waals surface area contributed by atoms with Crippen LogP contribution in [-0.2, 0) is 4.79 Å². The Morgan fingerprint density at radius 2 is 2.17 bits per heavy atom. The summed E-state index contributed by atoms with van der Waals surface area (Å²) >= 11 is 5.92. The average Bonchev–Trinajstić information content (AvgIpc) is 2.33. The lowest BCUT2D eigenvalue weighted by Gasteiger charge is -2.18. The summed E-state index contributed by atoms with van der Waals surface area (Å²) in [5.41, 5.74) is 6.35. The maximum Gasteiger partial charge on any atom is 0.261 e. The lowest BCUT2D eigenvalue weighted by Crippen LogP contribution is -2.44. The summed E-state index contributed by atoms with van der Waals surface area (Å²) in [7, 11) is 0. The molecule has 4 nitrogen and oxygen atoms in total. The number of carbonyl (C=O) groups excluding carboxylic acids is 1. The molecule has 0 heterocycles. The van der Waals surface area contributed by atoms with Crippen molar-refractivity contribution in [3.8, 4) is 5.75 Å². The quantitative estimate of drug-likeness (QED) is 0.859.